The third kappa shape index (κ3) is 6.95. The largest absolute Gasteiger partial charge is 0.490 e. The van der Waals surface area contributed by atoms with E-state index in [2.05, 4.69) is 4.98 Å². The van der Waals surface area contributed by atoms with Crippen molar-refractivity contribution in [2.45, 2.75) is 13.1 Å². The molecule has 8 heteroatoms. The standard InChI is InChI=1S/C20H22N2O4S2/c23-20(26-11-9-24-8-10-25-17-4-1-7-21-14-17)22(15-18-5-2-12-27-18)16-19-6-3-13-28-19/h1-7,12-14H,8-11,15-16H2. The van der Waals surface area contributed by atoms with E-state index in [0.29, 0.717) is 38.7 Å². The molecule has 0 radical (unpaired) electrons. The molecule has 3 rings (SSSR count). The fraction of sp³-hybridized carbons (Fsp3) is 0.300. The lowest BCUT2D eigenvalue weighted by Gasteiger charge is -2.21. The molecule has 0 saturated heterocycles. The molecule has 0 aliphatic heterocycles. The van der Waals surface area contributed by atoms with Crippen LogP contribution in [-0.2, 0) is 22.6 Å². The molecule has 0 saturated carbocycles. The predicted octanol–water partition coefficient (Wildman–Crippen LogP) is 4.44. The van der Waals surface area contributed by atoms with Crippen molar-refractivity contribution in [2.24, 2.45) is 0 Å². The summed E-state index contributed by atoms with van der Waals surface area (Å²) in [6, 6.07) is 11.7. The lowest BCUT2D eigenvalue weighted by atomic mass is 10.4. The summed E-state index contributed by atoms with van der Waals surface area (Å²) < 4.78 is 16.3. The summed E-state index contributed by atoms with van der Waals surface area (Å²) in [5.74, 6) is 0.704. The highest BCUT2D eigenvalue weighted by Gasteiger charge is 2.17. The van der Waals surface area contributed by atoms with Gasteiger partial charge in [-0.3, -0.25) is 9.88 Å². The number of pyridine rings is 1. The van der Waals surface area contributed by atoms with E-state index in [1.165, 1.54) is 0 Å². The third-order valence-corrected chi connectivity index (χ3v) is 5.42. The first-order valence-corrected chi connectivity index (χ1v) is 10.6. The summed E-state index contributed by atoms with van der Waals surface area (Å²) in [6.07, 6.45) is 3.01. The van der Waals surface area contributed by atoms with E-state index in [-0.39, 0.29) is 12.7 Å². The number of hydrogen-bond acceptors (Lipinski definition) is 7. The number of aromatic nitrogens is 1. The van der Waals surface area contributed by atoms with Gasteiger partial charge in [-0.05, 0) is 35.0 Å². The SMILES string of the molecule is O=C(OCCOCCOc1cccnc1)N(Cc1cccs1)Cc1cccs1. The highest BCUT2D eigenvalue weighted by Crippen LogP contribution is 2.18. The maximum atomic E-state index is 12.5. The zero-order valence-corrected chi connectivity index (χ0v) is 17.0. The molecule has 0 aliphatic carbocycles. The summed E-state index contributed by atoms with van der Waals surface area (Å²) >= 11 is 3.26. The molecule has 0 bridgehead atoms. The molecule has 3 aromatic heterocycles. The molecule has 0 atom stereocenters. The monoisotopic (exact) mass is 418 g/mol. The van der Waals surface area contributed by atoms with Crippen LogP contribution in [0.5, 0.6) is 5.75 Å². The Morgan fingerprint density at radius 2 is 1.64 bits per heavy atom. The molecule has 3 heterocycles. The first-order chi connectivity index (χ1) is 13.8. The number of amides is 1. The van der Waals surface area contributed by atoms with Crippen LogP contribution in [0.15, 0.2) is 59.6 Å². The Bertz CT molecular complexity index is 759. The van der Waals surface area contributed by atoms with Gasteiger partial charge in [-0.1, -0.05) is 12.1 Å². The highest BCUT2D eigenvalue weighted by atomic mass is 32.1. The normalized spacial score (nSPS) is 10.6. The number of rotatable bonds is 11. The summed E-state index contributed by atoms with van der Waals surface area (Å²) in [6.45, 7) is 2.44. The molecular formula is C20H22N2O4S2. The fourth-order valence-electron chi connectivity index (χ4n) is 2.40. The van der Waals surface area contributed by atoms with Gasteiger partial charge in [-0.25, -0.2) is 4.79 Å². The van der Waals surface area contributed by atoms with Gasteiger partial charge in [-0.2, -0.15) is 0 Å². The molecule has 1 amide bonds. The van der Waals surface area contributed by atoms with Gasteiger partial charge in [0.15, 0.2) is 0 Å². The number of carbonyl (C=O) groups is 1. The molecular weight excluding hydrogens is 396 g/mol. The number of nitrogens with zero attached hydrogens (tertiary/aromatic N) is 2. The van der Waals surface area contributed by atoms with Crippen LogP contribution in [-0.4, -0.2) is 42.4 Å². The van der Waals surface area contributed by atoms with Crippen molar-refractivity contribution >= 4 is 28.8 Å². The summed E-state index contributed by atoms with van der Waals surface area (Å²) in [5.41, 5.74) is 0. The topological polar surface area (TPSA) is 60.9 Å². The fourth-order valence-corrected chi connectivity index (χ4v) is 3.84. The van der Waals surface area contributed by atoms with E-state index in [0.717, 1.165) is 9.75 Å². The smallest absolute Gasteiger partial charge is 0.410 e. The van der Waals surface area contributed by atoms with Crippen LogP contribution in [0.4, 0.5) is 4.79 Å². The van der Waals surface area contributed by atoms with Crippen LogP contribution in [0.2, 0.25) is 0 Å². The molecule has 0 unspecified atom stereocenters. The van der Waals surface area contributed by atoms with E-state index in [9.17, 15) is 4.79 Å². The zero-order chi connectivity index (χ0) is 19.4. The summed E-state index contributed by atoms with van der Waals surface area (Å²) in [7, 11) is 0. The Balaban J connectivity index is 1.35. The highest BCUT2D eigenvalue weighted by molar-refractivity contribution is 7.10. The second kappa shape index (κ2) is 11.4. The van der Waals surface area contributed by atoms with Gasteiger partial charge in [0.25, 0.3) is 0 Å². The summed E-state index contributed by atoms with van der Waals surface area (Å²) in [4.78, 5) is 20.4. The van der Waals surface area contributed by atoms with Crippen LogP contribution in [0.1, 0.15) is 9.75 Å². The van der Waals surface area contributed by atoms with Crippen LogP contribution in [0.3, 0.4) is 0 Å². The van der Waals surface area contributed by atoms with Crippen LogP contribution in [0.25, 0.3) is 0 Å². The van der Waals surface area contributed by atoms with E-state index in [4.69, 9.17) is 14.2 Å². The maximum Gasteiger partial charge on any atom is 0.410 e. The second-order valence-electron chi connectivity index (χ2n) is 5.78. The van der Waals surface area contributed by atoms with Gasteiger partial charge in [0.2, 0.25) is 0 Å². The van der Waals surface area contributed by atoms with Crippen molar-refractivity contribution < 1.29 is 19.0 Å². The van der Waals surface area contributed by atoms with Gasteiger partial charge in [0.05, 0.1) is 32.5 Å². The molecule has 6 nitrogen and oxygen atoms in total. The average molecular weight is 419 g/mol. The maximum absolute atomic E-state index is 12.5. The Kier molecular flexibility index (Phi) is 8.29. The number of hydrogen-bond donors (Lipinski definition) is 0. The van der Waals surface area contributed by atoms with Crippen molar-refractivity contribution in [3.63, 3.8) is 0 Å². The minimum Gasteiger partial charge on any atom is -0.490 e. The van der Waals surface area contributed by atoms with Gasteiger partial charge < -0.3 is 14.2 Å². The first-order valence-electron chi connectivity index (χ1n) is 8.88. The van der Waals surface area contributed by atoms with Gasteiger partial charge in [0, 0.05) is 16.0 Å². The zero-order valence-electron chi connectivity index (χ0n) is 15.4. The minimum absolute atomic E-state index is 0.205. The quantitative estimate of drug-likeness (QED) is 0.431. The number of carbonyl (C=O) groups excluding carboxylic acids is 1. The third-order valence-electron chi connectivity index (χ3n) is 3.70. The van der Waals surface area contributed by atoms with Gasteiger partial charge in [-0.15, -0.1) is 22.7 Å². The van der Waals surface area contributed by atoms with E-state index in [1.807, 2.05) is 47.2 Å². The molecule has 148 valence electrons. The Hall–Kier alpha value is -2.42. The van der Waals surface area contributed by atoms with Crippen molar-refractivity contribution in [1.82, 2.24) is 9.88 Å². The van der Waals surface area contributed by atoms with Crippen LogP contribution >= 0.6 is 22.7 Å². The number of ether oxygens (including phenoxy) is 3. The molecule has 0 N–H and O–H groups in total. The first kappa shape index (κ1) is 20.3. The molecule has 3 aromatic rings. The Labute approximate surface area is 172 Å². The predicted molar refractivity (Wildman–Crippen MR) is 110 cm³/mol. The van der Waals surface area contributed by atoms with Gasteiger partial charge >= 0.3 is 6.09 Å². The van der Waals surface area contributed by atoms with Crippen molar-refractivity contribution in [3.05, 3.63) is 69.3 Å². The lowest BCUT2D eigenvalue weighted by molar-refractivity contribution is 0.0429. The Morgan fingerprint density at radius 3 is 2.25 bits per heavy atom. The minimum atomic E-state index is -0.336. The average Bonchev–Trinajstić information content (AvgIpc) is 3.41. The molecule has 28 heavy (non-hydrogen) atoms. The molecule has 0 spiro atoms. The van der Waals surface area contributed by atoms with Crippen molar-refractivity contribution in [1.29, 1.82) is 0 Å². The molecule has 0 fully saturated rings. The van der Waals surface area contributed by atoms with Crippen LogP contribution in [0, 0.1) is 0 Å². The molecule has 0 aromatic carbocycles. The Morgan fingerprint density at radius 1 is 0.929 bits per heavy atom. The molecule has 0 aliphatic rings. The number of thiophene rings is 2. The van der Waals surface area contributed by atoms with Gasteiger partial charge in [0.1, 0.15) is 19.0 Å². The lowest BCUT2D eigenvalue weighted by Crippen LogP contribution is -2.31. The van der Waals surface area contributed by atoms with E-state index < -0.39 is 0 Å². The van der Waals surface area contributed by atoms with E-state index >= 15 is 0 Å². The van der Waals surface area contributed by atoms with E-state index in [1.54, 1.807) is 40.0 Å². The van der Waals surface area contributed by atoms with Crippen molar-refractivity contribution in [2.75, 3.05) is 26.4 Å². The van der Waals surface area contributed by atoms with Crippen LogP contribution < -0.4 is 4.74 Å². The summed E-state index contributed by atoms with van der Waals surface area (Å²) in [5, 5.41) is 4.01. The second-order valence-corrected chi connectivity index (χ2v) is 7.84. The van der Waals surface area contributed by atoms with Crippen molar-refractivity contribution in [3.8, 4) is 5.75 Å².